The fraction of sp³-hybridized carbons (Fsp3) is 0.267. The topological polar surface area (TPSA) is 26.3 Å². The molecule has 0 fully saturated rings. The minimum atomic E-state index is 0.1000. The molecule has 0 N–H and O–H groups in total. The molecule has 0 unspecified atom stereocenters. The summed E-state index contributed by atoms with van der Waals surface area (Å²) < 4.78 is 5.76. The zero-order valence-corrected chi connectivity index (χ0v) is 11.6. The van der Waals surface area contributed by atoms with Gasteiger partial charge in [0.25, 0.3) is 0 Å². The number of carbonyl (C=O) groups excluding carboxylic acids is 1. The SMILES string of the molecule is CC(C)(C)c1cccc(Oc2ccc(C=O)s2)c1. The van der Waals surface area contributed by atoms with Gasteiger partial charge in [-0.05, 0) is 35.2 Å². The summed E-state index contributed by atoms with van der Waals surface area (Å²) >= 11 is 1.35. The van der Waals surface area contributed by atoms with E-state index in [9.17, 15) is 4.79 Å². The van der Waals surface area contributed by atoms with Gasteiger partial charge in [0.1, 0.15) is 5.75 Å². The second-order valence-electron chi connectivity index (χ2n) is 5.15. The second-order valence-corrected chi connectivity index (χ2v) is 6.23. The molecule has 0 saturated carbocycles. The van der Waals surface area contributed by atoms with Crippen LogP contribution in [0.4, 0.5) is 0 Å². The van der Waals surface area contributed by atoms with E-state index in [4.69, 9.17) is 4.74 Å². The Bertz CT molecular complexity index is 550. The molecule has 2 nitrogen and oxygen atoms in total. The minimum Gasteiger partial charge on any atom is -0.447 e. The second kappa shape index (κ2) is 4.94. The number of rotatable bonds is 3. The Kier molecular flexibility index (Phi) is 3.53. The van der Waals surface area contributed by atoms with Crippen molar-refractivity contribution in [1.29, 1.82) is 0 Å². The monoisotopic (exact) mass is 260 g/mol. The van der Waals surface area contributed by atoms with Crippen LogP contribution in [0.2, 0.25) is 0 Å². The van der Waals surface area contributed by atoms with Crippen molar-refractivity contribution in [2.75, 3.05) is 0 Å². The minimum absolute atomic E-state index is 0.1000. The van der Waals surface area contributed by atoms with Gasteiger partial charge in [0.05, 0.1) is 4.88 Å². The van der Waals surface area contributed by atoms with Gasteiger partial charge in [-0.25, -0.2) is 0 Å². The lowest BCUT2D eigenvalue weighted by Gasteiger charge is -2.19. The van der Waals surface area contributed by atoms with Gasteiger partial charge in [0.15, 0.2) is 11.3 Å². The van der Waals surface area contributed by atoms with Crippen LogP contribution in [0.3, 0.4) is 0 Å². The summed E-state index contributed by atoms with van der Waals surface area (Å²) in [6.07, 6.45) is 0.836. The Hall–Kier alpha value is -1.61. The molecular weight excluding hydrogens is 244 g/mol. The Morgan fingerprint density at radius 1 is 1.17 bits per heavy atom. The standard InChI is InChI=1S/C15H16O2S/c1-15(2,3)11-5-4-6-12(9-11)17-14-8-7-13(10-16)18-14/h4-10H,1-3H3. The number of hydrogen-bond donors (Lipinski definition) is 0. The zero-order valence-electron chi connectivity index (χ0n) is 10.8. The Morgan fingerprint density at radius 3 is 2.56 bits per heavy atom. The fourth-order valence-corrected chi connectivity index (χ4v) is 2.29. The number of hydrogen-bond acceptors (Lipinski definition) is 3. The van der Waals surface area contributed by atoms with Crippen molar-refractivity contribution in [2.24, 2.45) is 0 Å². The lowest BCUT2D eigenvalue weighted by Crippen LogP contribution is -2.10. The quantitative estimate of drug-likeness (QED) is 0.751. The number of benzene rings is 1. The van der Waals surface area contributed by atoms with Gasteiger partial charge in [-0.3, -0.25) is 4.79 Å². The van der Waals surface area contributed by atoms with Crippen molar-refractivity contribution < 1.29 is 9.53 Å². The van der Waals surface area contributed by atoms with Crippen molar-refractivity contribution >= 4 is 17.6 Å². The van der Waals surface area contributed by atoms with Crippen LogP contribution in [-0.4, -0.2) is 6.29 Å². The summed E-state index contributed by atoms with van der Waals surface area (Å²) in [4.78, 5) is 11.3. The fourth-order valence-electron chi connectivity index (χ4n) is 1.59. The van der Waals surface area contributed by atoms with Gasteiger partial charge in [0, 0.05) is 0 Å². The molecule has 0 radical (unpaired) electrons. The van der Waals surface area contributed by atoms with Crippen molar-refractivity contribution in [3.63, 3.8) is 0 Å². The highest BCUT2D eigenvalue weighted by atomic mass is 32.1. The smallest absolute Gasteiger partial charge is 0.181 e. The van der Waals surface area contributed by atoms with E-state index >= 15 is 0 Å². The first-order valence-corrected chi connectivity index (χ1v) is 6.64. The van der Waals surface area contributed by atoms with Crippen molar-refractivity contribution in [3.05, 3.63) is 46.8 Å². The van der Waals surface area contributed by atoms with Gasteiger partial charge in [-0.2, -0.15) is 0 Å². The van der Waals surface area contributed by atoms with Crippen LogP contribution in [0.25, 0.3) is 0 Å². The molecule has 94 valence electrons. The maximum absolute atomic E-state index is 10.6. The van der Waals surface area contributed by atoms with E-state index in [0.717, 1.165) is 17.1 Å². The van der Waals surface area contributed by atoms with E-state index in [1.54, 1.807) is 6.07 Å². The highest BCUT2D eigenvalue weighted by Gasteiger charge is 2.14. The van der Waals surface area contributed by atoms with E-state index in [1.807, 2.05) is 24.3 Å². The third-order valence-corrected chi connectivity index (χ3v) is 3.53. The molecule has 0 aliphatic rings. The van der Waals surface area contributed by atoms with Crippen molar-refractivity contribution in [2.45, 2.75) is 26.2 Å². The molecule has 0 amide bonds. The molecule has 0 atom stereocenters. The predicted molar refractivity (Wildman–Crippen MR) is 74.9 cm³/mol. The zero-order chi connectivity index (χ0) is 13.2. The van der Waals surface area contributed by atoms with Gasteiger partial charge >= 0.3 is 0 Å². The summed E-state index contributed by atoms with van der Waals surface area (Å²) in [6.45, 7) is 6.51. The van der Waals surface area contributed by atoms with E-state index in [2.05, 4.69) is 26.8 Å². The predicted octanol–water partition coefficient (Wildman–Crippen LogP) is 4.65. The summed E-state index contributed by atoms with van der Waals surface area (Å²) in [6, 6.07) is 11.6. The molecular formula is C15H16O2S. The number of thiophene rings is 1. The third-order valence-electron chi connectivity index (χ3n) is 2.64. The van der Waals surface area contributed by atoms with Gasteiger partial charge in [-0.1, -0.05) is 44.2 Å². The number of aldehydes is 1. The van der Waals surface area contributed by atoms with E-state index in [1.165, 1.54) is 16.9 Å². The molecule has 1 heterocycles. The Labute approximate surface area is 111 Å². The molecule has 0 bridgehead atoms. The largest absolute Gasteiger partial charge is 0.447 e. The van der Waals surface area contributed by atoms with Crippen molar-refractivity contribution in [1.82, 2.24) is 0 Å². The maximum Gasteiger partial charge on any atom is 0.181 e. The molecule has 2 rings (SSSR count). The summed E-state index contributed by atoms with van der Waals surface area (Å²) in [7, 11) is 0. The Balaban J connectivity index is 2.21. The highest BCUT2D eigenvalue weighted by molar-refractivity contribution is 7.15. The third kappa shape index (κ3) is 2.99. The van der Waals surface area contributed by atoms with Crippen LogP contribution >= 0.6 is 11.3 Å². The first kappa shape index (κ1) is 12.8. The summed E-state index contributed by atoms with van der Waals surface area (Å²) in [5.41, 5.74) is 1.33. The number of carbonyl (C=O) groups is 1. The van der Waals surface area contributed by atoms with Crippen molar-refractivity contribution in [3.8, 4) is 10.8 Å². The molecule has 18 heavy (non-hydrogen) atoms. The molecule has 1 aromatic heterocycles. The molecule has 2 aromatic rings. The molecule has 3 heteroatoms. The highest BCUT2D eigenvalue weighted by Crippen LogP contribution is 2.31. The lowest BCUT2D eigenvalue weighted by atomic mass is 9.87. The molecule has 1 aromatic carbocycles. The van der Waals surface area contributed by atoms with Crippen LogP contribution in [0, 0.1) is 0 Å². The van der Waals surface area contributed by atoms with Crippen LogP contribution < -0.4 is 4.74 Å². The molecule has 0 aliphatic carbocycles. The van der Waals surface area contributed by atoms with Crippen LogP contribution in [0.1, 0.15) is 36.0 Å². The summed E-state index contributed by atoms with van der Waals surface area (Å²) in [5.74, 6) is 0.807. The van der Waals surface area contributed by atoms with Gasteiger partial charge < -0.3 is 4.74 Å². The first-order chi connectivity index (χ1) is 8.49. The lowest BCUT2D eigenvalue weighted by molar-refractivity contribution is 0.112. The van der Waals surface area contributed by atoms with E-state index < -0.39 is 0 Å². The first-order valence-electron chi connectivity index (χ1n) is 5.82. The molecule has 0 aliphatic heterocycles. The average Bonchev–Trinajstić information content (AvgIpc) is 2.76. The molecule has 0 saturated heterocycles. The van der Waals surface area contributed by atoms with Crippen LogP contribution in [0.5, 0.6) is 10.8 Å². The van der Waals surface area contributed by atoms with Crippen LogP contribution in [0.15, 0.2) is 36.4 Å². The van der Waals surface area contributed by atoms with Gasteiger partial charge in [0.2, 0.25) is 0 Å². The van der Waals surface area contributed by atoms with Gasteiger partial charge in [-0.15, -0.1) is 0 Å². The molecule has 0 spiro atoms. The average molecular weight is 260 g/mol. The number of ether oxygens (including phenoxy) is 1. The normalized spacial score (nSPS) is 11.3. The van der Waals surface area contributed by atoms with E-state index in [-0.39, 0.29) is 5.41 Å². The van der Waals surface area contributed by atoms with Crippen LogP contribution in [-0.2, 0) is 5.41 Å². The summed E-state index contributed by atoms with van der Waals surface area (Å²) in [5, 5.41) is 0.739. The van der Waals surface area contributed by atoms with E-state index in [0.29, 0.717) is 4.88 Å². The Morgan fingerprint density at radius 2 is 1.94 bits per heavy atom. The maximum atomic E-state index is 10.6.